The minimum atomic E-state index is 0.0755. The minimum absolute atomic E-state index is 0.0755. The van der Waals surface area contributed by atoms with Crippen molar-refractivity contribution in [2.24, 2.45) is 0 Å². The van der Waals surface area contributed by atoms with Crippen LogP contribution >= 0.6 is 23.2 Å². The maximum atomic E-state index is 12.7. The average molecular weight is 632 g/mol. The summed E-state index contributed by atoms with van der Waals surface area (Å²) in [4.78, 5) is 17.7. The van der Waals surface area contributed by atoms with E-state index in [0.29, 0.717) is 12.2 Å². The average Bonchev–Trinajstić information content (AvgIpc) is 3.40. The lowest BCUT2D eigenvalue weighted by Gasteiger charge is -2.35. The van der Waals surface area contributed by atoms with Crippen molar-refractivity contribution in [1.82, 2.24) is 19.7 Å². The fourth-order valence-electron chi connectivity index (χ4n) is 6.74. The highest BCUT2D eigenvalue weighted by atomic mass is 35.5. The second-order valence-corrected chi connectivity index (χ2v) is 13.4. The van der Waals surface area contributed by atoms with Crippen molar-refractivity contribution in [3.8, 4) is 11.1 Å². The third-order valence-electron chi connectivity index (χ3n) is 9.39. The SMILES string of the molecule is Cc1ccc(-c2cn(CCCCC(=O)C3CCCCN3)c3ccc(CN4CCN(Cc5c(Cl)cccc5Cl)CC4)cc23)cc1. The second-order valence-electron chi connectivity index (χ2n) is 12.6. The van der Waals surface area contributed by atoms with Gasteiger partial charge >= 0.3 is 0 Å². The zero-order chi connectivity index (χ0) is 30.5. The Labute approximate surface area is 272 Å². The van der Waals surface area contributed by atoms with E-state index in [0.717, 1.165) is 93.7 Å². The number of nitrogens with one attached hydrogen (secondary N) is 1. The molecule has 3 aromatic carbocycles. The summed E-state index contributed by atoms with van der Waals surface area (Å²) in [5, 5.41) is 6.20. The van der Waals surface area contributed by atoms with Gasteiger partial charge in [-0.3, -0.25) is 14.6 Å². The quantitative estimate of drug-likeness (QED) is 0.170. The highest BCUT2D eigenvalue weighted by molar-refractivity contribution is 6.35. The molecule has 0 bridgehead atoms. The number of piperazine rings is 1. The second kappa shape index (κ2) is 14.6. The van der Waals surface area contributed by atoms with Gasteiger partial charge in [0, 0.05) is 90.5 Å². The van der Waals surface area contributed by atoms with E-state index in [1.54, 1.807) is 0 Å². The highest BCUT2D eigenvalue weighted by Gasteiger charge is 2.21. The normalized spacial score (nSPS) is 18.2. The van der Waals surface area contributed by atoms with Gasteiger partial charge in [-0.15, -0.1) is 0 Å². The molecule has 5 nitrogen and oxygen atoms in total. The molecule has 2 aliphatic rings. The lowest BCUT2D eigenvalue weighted by Crippen LogP contribution is -2.45. The van der Waals surface area contributed by atoms with Crippen LogP contribution in [0.4, 0.5) is 0 Å². The number of rotatable bonds is 11. The summed E-state index contributed by atoms with van der Waals surface area (Å²) in [7, 11) is 0. The summed E-state index contributed by atoms with van der Waals surface area (Å²) in [5.74, 6) is 0.389. The molecule has 44 heavy (non-hydrogen) atoms. The van der Waals surface area contributed by atoms with E-state index in [9.17, 15) is 4.79 Å². The summed E-state index contributed by atoms with van der Waals surface area (Å²) in [6.45, 7) is 9.78. The third kappa shape index (κ3) is 7.58. The van der Waals surface area contributed by atoms with Gasteiger partial charge in [0.1, 0.15) is 5.78 Å². The number of carbonyl (C=O) groups is 1. The number of fused-ring (bicyclic) bond motifs is 1. The molecule has 0 aliphatic carbocycles. The molecule has 2 aliphatic heterocycles. The number of ketones is 1. The predicted molar refractivity (Wildman–Crippen MR) is 184 cm³/mol. The molecular formula is C37H44Cl2N4O. The number of nitrogens with zero attached hydrogens (tertiary/aromatic N) is 3. The van der Waals surface area contributed by atoms with E-state index in [-0.39, 0.29) is 6.04 Å². The van der Waals surface area contributed by atoms with E-state index in [2.05, 4.69) is 75.3 Å². The fourth-order valence-corrected chi connectivity index (χ4v) is 7.26. The summed E-state index contributed by atoms with van der Waals surface area (Å²) in [6, 6.07) is 21.7. The molecule has 3 heterocycles. The Morgan fingerprint density at radius 2 is 1.61 bits per heavy atom. The fraction of sp³-hybridized carbons (Fsp3) is 0.432. The summed E-state index contributed by atoms with van der Waals surface area (Å²) < 4.78 is 2.40. The molecule has 2 saturated heterocycles. The number of carbonyl (C=O) groups excluding carboxylic acids is 1. The molecule has 7 heteroatoms. The maximum Gasteiger partial charge on any atom is 0.149 e. The lowest BCUT2D eigenvalue weighted by atomic mass is 9.98. The van der Waals surface area contributed by atoms with E-state index < -0.39 is 0 Å². The van der Waals surface area contributed by atoms with E-state index in [4.69, 9.17) is 23.2 Å². The van der Waals surface area contributed by atoms with Gasteiger partial charge in [0.25, 0.3) is 0 Å². The Morgan fingerprint density at radius 1 is 0.886 bits per heavy atom. The number of hydrogen-bond donors (Lipinski definition) is 1. The Kier molecular flexibility index (Phi) is 10.4. The zero-order valence-corrected chi connectivity index (χ0v) is 27.3. The van der Waals surface area contributed by atoms with Crippen LogP contribution in [0.2, 0.25) is 10.0 Å². The van der Waals surface area contributed by atoms with Gasteiger partial charge in [0.15, 0.2) is 0 Å². The van der Waals surface area contributed by atoms with E-state index >= 15 is 0 Å². The van der Waals surface area contributed by atoms with Crippen molar-refractivity contribution in [3.05, 3.63) is 93.6 Å². The molecule has 6 rings (SSSR count). The Bertz CT molecular complexity index is 1550. The summed E-state index contributed by atoms with van der Waals surface area (Å²) in [5.41, 5.74) is 7.44. The van der Waals surface area contributed by atoms with Crippen molar-refractivity contribution >= 4 is 39.9 Å². The number of benzene rings is 3. The van der Waals surface area contributed by atoms with Crippen molar-refractivity contribution in [2.45, 2.75) is 71.1 Å². The van der Waals surface area contributed by atoms with Gasteiger partial charge in [-0.25, -0.2) is 0 Å². The first kappa shape index (κ1) is 31.3. The third-order valence-corrected chi connectivity index (χ3v) is 10.1. The molecule has 2 fully saturated rings. The van der Waals surface area contributed by atoms with Gasteiger partial charge in [-0.1, -0.05) is 71.6 Å². The molecule has 1 atom stereocenters. The summed E-state index contributed by atoms with van der Waals surface area (Å²) in [6.07, 6.45) is 8.28. The van der Waals surface area contributed by atoms with E-state index in [1.807, 2.05) is 18.2 Å². The van der Waals surface area contributed by atoms with Crippen LogP contribution in [0.5, 0.6) is 0 Å². The molecule has 1 aromatic heterocycles. The molecule has 0 amide bonds. The molecule has 1 unspecified atom stereocenters. The number of aromatic nitrogens is 1. The van der Waals surface area contributed by atoms with Gasteiger partial charge in [-0.2, -0.15) is 0 Å². The molecule has 1 N–H and O–H groups in total. The first-order valence-electron chi connectivity index (χ1n) is 16.3. The highest BCUT2D eigenvalue weighted by Crippen LogP contribution is 2.33. The molecule has 0 spiro atoms. The van der Waals surface area contributed by atoms with Crippen molar-refractivity contribution < 1.29 is 4.79 Å². The number of unbranched alkanes of at least 4 members (excludes halogenated alkanes) is 1. The van der Waals surface area contributed by atoms with Crippen LogP contribution in [0, 0.1) is 6.92 Å². The molecule has 232 valence electrons. The predicted octanol–water partition coefficient (Wildman–Crippen LogP) is 8.12. The Balaban J connectivity index is 1.12. The number of Topliss-reactive ketones (excluding diaryl/α,β-unsaturated/α-hetero) is 1. The lowest BCUT2D eigenvalue weighted by molar-refractivity contribution is -0.121. The molecule has 0 radical (unpaired) electrons. The van der Waals surface area contributed by atoms with Gasteiger partial charge in [0.2, 0.25) is 0 Å². The van der Waals surface area contributed by atoms with Crippen LogP contribution in [0.15, 0.2) is 66.9 Å². The van der Waals surface area contributed by atoms with Crippen LogP contribution in [-0.2, 0) is 24.4 Å². The van der Waals surface area contributed by atoms with Crippen LogP contribution in [-0.4, -0.2) is 58.9 Å². The molecule has 4 aromatic rings. The van der Waals surface area contributed by atoms with Crippen LogP contribution in [0.1, 0.15) is 55.2 Å². The Hall–Kier alpha value is -2.67. The Morgan fingerprint density at radius 3 is 2.32 bits per heavy atom. The maximum absolute atomic E-state index is 12.7. The first-order valence-corrected chi connectivity index (χ1v) is 17.0. The van der Waals surface area contributed by atoms with Crippen molar-refractivity contribution in [2.75, 3.05) is 32.7 Å². The monoisotopic (exact) mass is 630 g/mol. The molecular weight excluding hydrogens is 587 g/mol. The number of piperidine rings is 1. The molecule has 0 saturated carbocycles. The minimum Gasteiger partial charge on any atom is -0.347 e. The van der Waals surface area contributed by atoms with Crippen LogP contribution in [0.3, 0.4) is 0 Å². The first-order chi connectivity index (χ1) is 21.4. The van der Waals surface area contributed by atoms with E-state index in [1.165, 1.54) is 39.6 Å². The van der Waals surface area contributed by atoms with Crippen molar-refractivity contribution in [3.63, 3.8) is 0 Å². The largest absolute Gasteiger partial charge is 0.347 e. The van der Waals surface area contributed by atoms with Gasteiger partial charge in [0.05, 0.1) is 6.04 Å². The zero-order valence-electron chi connectivity index (χ0n) is 25.8. The van der Waals surface area contributed by atoms with Gasteiger partial charge < -0.3 is 9.88 Å². The van der Waals surface area contributed by atoms with Crippen LogP contribution < -0.4 is 5.32 Å². The smallest absolute Gasteiger partial charge is 0.149 e. The van der Waals surface area contributed by atoms with Gasteiger partial charge in [-0.05, 0) is 74.5 Å². The number of hydrogen-bond acceptors (Lipinski definition) is 4. The number of halogens is 2. The topological polar surface area (TPSA) is 40.5 Å². The standard InChI is InChI=1S/C37H44Cl2N4O/c1-27-11-14-29(15-12-27)31-26-43(18-5-3-10-37(44)35-9-2-4-17-40-35)36-16-13-28(23-30(31)36)24-41-19-21-42(22-20-41)25-32-33(38)7-6-8-34(32)39/h6-8,11-16,23,26,35,40H,2-5,9-10,17-22,24-25H2,1H3. The number of aryl methyl sites for hydroxylation is 2. The van der Waals surface area contributed by atoms with Crippen molar-refractivity contribution in [1.29, 1.82) is 0 Å². The van der Waals surface area contributed by atoms with Crippen LogP contribution in [0.25, 0.3) is 22.0 Å². The summed E-state index contributed by atoms with van der Waals surface area (Å²) >= 11 is 12.9.